The maximum absolute atomic E-state index is 3.63. The van der Waals surface area contributed by atoms with E-state index in [1.54, 1.807) is 0 Å². The lowest BCUT2D eigenvalue weighted by atomic mass is 10.8. The summed E-state index contributed by atoms with van der Waals surface area (Å²) in [4.78, 5) is 0. The minimum atomic E-state index is 0.304. The summed E-state index contributed by atoms with van der Waals surface area (Å²) in [6.07, 6.45) is 2.02. The summed E-state index contributed by atoms with van der Waals surface area (Å²) in [5, 5.41) is 2.74. The van der Waals surface area contributed by atoms with Crippen molar-refractivity contribution in [1.82, 2.24) is 0 Å². The van der Waals surface area contributed by atoms with Gasteiger partial charge in [0.15, 0.2) is 0 Å². The number of rotatable bonds is 3. The number of allylic oxidation sites excluding steroid dienone is 1. The normalized spacial score (nSPS) is 7.50. The third kappa shape index (κ3) is 4.27. The first-order chi connectivity index (χ1) is 2.91. The Morgan fingerprint density at radius 3 is 2.67 bits per heavy atom. The fraction of sp³-hybridized carbons (Fsp3) is 0.600. The standard InChI is InChI=1S/C3H5.C2H5.Al.H/c1-3-2;1-2;;/h3H,1-2H2;1H2,2H3;;. The Balaban J connectivity index is 2.49. The highest BCUT2D eigenvalue weighted by molar-refractivity contribution is 6.35. The fourth-order valence-electron chi connectivity index (χ4n) is 0.348. The topological polar surface area (TPSA) is 0 Å². The molecule has 0 heterocycles. The monoisotopic (exact) mass is 98.1 g/mol. The van der Waals surface area contributed by atoms with E-state index in [9.17, 15) is 0 Å². The summed E-state index contributed by atoms with van der Waals surface area (Å²) in [5.74, 6) is 0. The van der Waals surface area contributed by atoms with Crippen molar-refractivity contribution in [2.75, 3.05) is 0 Å². The van der Waals surface area contributed by atoms with E-state index in [2.05, 4.69) is 13.5 Å². The highest BCUT2D eigenvalue weighted by Gasteiger charge is 1.79. The quantitative estimate of drug-likeness (QED) is 0.285. The third-order valence-electron chi connectivity index (χ3n) is 0.762. The highest BCUT2D eigenvalue weighted by atomic mass is 27.1. The minimum Gasteiger partial charge on any atom is -0.105 e. The SMILES string of the molecule is C=C[CH2][AlH][CH2]C. The average Bonchev–Trinajstić information content (AvgIpc) is 1.61. The van der Waals surface area contributed by atoms with Crippen molar-refractivity contribution in [2.24, 2.45) is 0 Å². The molecule has 1 heteroatoms. The Morgan fingerprint density at radius 1 is 1.83 bits per heavy atom. The van der Waals surface area contributed by atoms with Crippen molar-refractivity contribution >= 4 is 15.2 Å². The highest BCUT2D eigenvalue weighted by Crippen LogP contribution is 1.81. The van der Waals surface area contributed by atoms with E-state index in [0.29, 0.717) is 15.2 Å². The van der Waals surface area contributed by atoms with E-state index in [-0.39, 0.29) is 0 Å². The van der Waals surface area contributed by atoms with Gasteiger partial charge in [0, 0.05) is 0 Å². The Bertz CT molecular complexity index is 32.9. The van der Waals surface area contributed by atoms with Gasteiger partial charge in [0.1, 0.15) is 0 Å². The van der Waals surface area contributed by atoms with E-state index < -0.39 is 0 Å². The first-order valence-corrected chi connectivity index (χ1v) is 4.52. The lowest BCUT2D eigenvalue weighted by Crippen LogP contribution is -1.78. The van der Waals surface area contributed by atoms with Crippen LogP contribution in [0, 0.1) is 0 Å². The summed E-state index contributed by atoms with van der Waals surface area (Å²) in [7, 11) is 0. The van der Waals surface area contributed by atoms with Crippen LogP contribution in [0.3, 0.4) is 0 Å². The van der Waals surface area contributed by atoms with Crippen LogP contribution in [0.5, 0.6) is 0 Å². The van der Waals surface area contributed by atoms with Crippen LogP contribution in [-0.4, -0.2) is 15.2 Å². The molecule has 0 aliphatic heterocycles. The van der Waals surface area contributed by atoms with E-state index in [1.807, 2.05) is 6.08 Å². The molecule has 6 heavy (non-hydrogen) atoms. The lowest BCUT2D eigenvalue weighted by Gasteiger charge is -1.76. The molecule has 0 aliphatic carbocycles. The number of hydrogen-bond acceptors (Lipinski definition) is 0. The Morgan fingerprint density at radius 2 is 2.50 bits per heavy atom. The second kappa shape index (κ2) is 5.27. The minimum absolute atomic E-state index is 0.304. The average molecular weight is 98.1 g/mol. The van der Waals surface area contributed by atoms with Gasteiger partial charge in [-0.05, 0) is 0 Å². The molecule has 0 fully saturated rings. The van der Waals surface area contributed by atoms with Crippen LogP contribution in [-0.2, 0) is 0 Å². The van der Waals surface area contributed by atoms with Gasteiger partial charge in [0.25, 0.3) is 0 Å². The zero-order valence-electron chi connectivity index (χ0n) is 4.41. The van der Waals surface area contributed by atoms with Crippen molar-refractivity contribution in [3.8, 4) is 0 Å². The molecule has 0 bridgehead atoms. The van der Waals surface area contributed by atoms with Crippen LogP contribution < -0.4 is 0 Å². The van der Waals surface area contributed by atoms with E-state index in [4.69, 9.17) is 0 Å². The van der Waals surface area contributed by atoms with Gasteiger partial charge in [-0.25, -0.2) is 0 Å². The molecular formula is C5H11Al. The van der Waals surface area contributed by atoms with Crippen molar-refractivity contribution in [3.63, 3.8) is 0 Å². The summed E-state index contributed by atoms with van der Waals surface area (Å²) in [6, 6.07) is 0. The molecule has 0 radical (unpaired) electrons. The fourth-order valence-corrected chi connectivity index (χ4v) is 1.05. The Kier molecular flexibility index (Phi) is 5.51. The van der Waals surface area contributed by atoms with E-state index in [0.717, 1.165) is 0 Å². The zero-order valence-corrected chi connectivity index (χ0v) is 5.82. The summed E-state index contributed by atoms with van der Waals surface area (Å²) in [6.45, 7) is 5.88. The molecule has 0 aromatic carbocycles. The van der Waals surface area contributed by atoms with Crippen LogP contribution in [0.4, 0.5) is 0 Å². The molecular weight excluding hydrogens is 87.0 g/mol. The smallest absolute Gasteiger partial charge is 0.105 e. The summed E-state index contributed by atoms with van der Waals surface area (Å²) in [5.41, 5.74) is 0. The summed E-state index contributed by atoms with van der Waals surface area (Å²) < 4.78 is 0. The molecule has 0 saturated carbocycles. The van der Waals surface area contributed by atoms with Gasteiger partial charge in [-0.1, -0.05) is 17.5 Å². The van der Waals surface area contributed by atoms with E-state index in [1.165, 1.54) is 10.6 Å². The Hall–Kier alpha value is 0.272. The first kappa shape index (κ1) is 6.27. The molecule has 0 saturated heterocycles. The second-order valence-corrected chi connectivity index (χ2v) is 3.72. The summed E-state index contributed by atoms with van der Waals surface area (Å²) >= 11 is 0.304. The van der Waals surface area contributed by atoms with Gasteiger partial charge in [0.05, 0.1) is 0 Å². The largest absolute Gasteiger partial charge is 0.241 e. The molecule has 0 spiro atoms. The van der Waals surface area contributed by atoms with Crippen molar-refractivity contribution in [1.29, 1.82) is 0 Å². The van der Waals surface area contributed by atoms with Crippen LogP contribution in [0.2, 0.25) is 10.6 Å². The molecule has 0 atom stereocenters. The predicted octanol–water partition coefficient (Wildman–Crippen LogP) is 1.47. The van der Waals surface area contributed by atoms with Gasteiger partial charge in [-0.15, -0.1) is 12.7 Å². The van der Waals surface area contributed by atoms with Gasteiger partial charge < -0.3 is 0 Å². The molecule has 0 aromatic heterocycles. The molecule has 0 aromatic rings. The van der Waals surface area contributed by atoms with Crippen molar-refractivity contribution in [3.05, 3.63) is 12.7 Å². The maximum Gasteiger partial charge on any atom is 0.241 e. The van der Waals surface area contributed by atoms with Gasteiger partial charge in [-0.2, -0.15) is 0 Å². The third-order valence-corrected chi connectivity index (χ3v) is 2.29. The van der Waals surface area contributed by atoms with Crippen LogP contribution in [0.25, 0.3) is 0 Å². The van der Waals surface area contributed by atoms with Gasteiger partial charge in [0.2, 0.25) is 15.2 Å². The molecule has 0 N–H and O–H groups in total. The maximum atomic E-state index is 3.63. The second-order valence-electron chi connectivity index (χ2n) is 1.43. The Labute approximate surface area is 46.0 Å². The van der Waals surface area contributed by atoms with E-state index >= 15 is 0 Å². The molecule has 34 valence electrons. The van der Waals surface area contributed by atoms with Crippen LogP contribution >= 0.6 is 0 Å². The molecule has 0 unspecified atom stereocenters. The lowest BCUT2D eigenvalue weighted by molar-refractivity contribution is 1.43. The van der Waals surface area contributed by atoms with Gasteiger partial charge in [-0.3, -0.25) is 0 Å². The molecule has 0 rings (SSSR count). The van der Waals surface area contributed by atoms with Crippen LogP contribution in [0.1, 0.15) is 6.92 Å². The predicted molar refractivity (Wildman–Crippen MR) is 32.6 cm³/mol. The van der Waals surface area contributed by atoms with Crippen LogP contribution in [0.15, 0.2) is 12.7 Å². The van der Waals surface area contributed by atoms with Crippen molar-refractivity contribution < 1.29 is 0 Å². The molecule has 0 aliphatic rings. The van der Waals surface area contributed by atoms with Gasteiger partial charge >= 0.3 is 0 Å². The van der Waals surface area contributed by atoms with Crippen molar-refractivity contribution in [2.45, 2.75) is 17.5 Å². The zero-order chi connectivity index (χ0) is 4.83. The first-order valence-electron chi connectivity index (χ1n) is 2.52. The molecule has 0 amide bonds. The number of hydrogen-bond donors (Lipinski definition) is 0. The molecule has 0 nitrogen and oxygen atoms in total.